The minimum atomic E-state index is 0.117. The van der Waals surface area contributed by atoms with Crippen LogP contribution in [0, 0.1) is 41.4 Å². The number of carbonyl (C=O) groups is 1. The Labute approximate surface area is 115 Å². The van der Waals surface area contributed by atoms with E-state index in [4.69, 9.17) is 4.74 Å². The Hall–Kier alpha value is -0.790. The first-order valence-corrected chi connectivity index (χ1v) is 8.14. The number of hydrogen-bond donors (Lipinski definition) is 0. The molecule has 3 fully saturated rings. The Kier molecular flexibility index (Phi) is 2.75. The molecule has 19 heavy (non-hydrogen) atoms. The summed E-state index contributed by atoms with van der Waals surface area (Å²) in [6, 6.07) is 0. The van der Waals surface area contributed by atoms with E-state index in [0.29, 0.717) is 12.5 Å². The van der Waals surface area contributed by atoms with Crippen molar-refractivity contribution >= 4 is 5.97 Å². The fourth-order valence-electron chi connectivity index (χ4n) is 5.71. The van der Waals surface area contributed by atoms with Crippen LogP contribution in [0.5, 0.6) is 0 Å². The number of ether oxygens (including phenoxy) is 1. The number of allylic oxidation sites excluding steroid dienone is 2. The third kappa shape index (κ3) is 1.64. The zero-order valence-corrected chi connectivity index (χ0v) is 11.8. The maximum absolute atomic E-state index is 12.3. The molecule has 7 unspecified atom stereocenters. The first-order valence-electron chi connectivity index (χ1n) is 8.14. The minimum Gasteiger partial charge on any atom is -0.465 e. The molecule has 0 aromatic heterocycles. The molecule has 4 rings (SSSR count). The first-order chi connectivity index (χ1) is 9.29. The Morgan fingerprint density at radius 1 is 1.16 bits per heavy atom. The summed E-state index contributed by atoms with van der Waals surface area (Å²) in [6.45, 7) is 2.76. The van der Waals surface area contributed by atoms with Crippen LogP contribution in [-0.4, -0.2) is 12.6 Å². The van der Waals surface area contributed by atoms with E-state index in [9.17, 15) is 4.79 Å². The number of unbranched alkanes of at least 4 members (excludes halogenated alkanes) is 1. The summed E-state index contributed by atoms with van der Waals surface area (Å²) in [5.41, 5.74) is 0. The number of hydrogen-bond acceptors (Lipinski definition) is 2. The van der Waals surface area contributed by atoms with Crippen molar-refractivity contribution in [2.75, 3.05) is 6.61 Å². The molecule has 4 aliphatic carbocycles. The second kappa shape index (κ2) is 4.36. The molecule has 0 amide bonds. The van der Waals surface area contributed by atoms with Gasteiger partial charge in [-0.05, 0) is 61.2 Å². The molecule has 0 aromatic rings. The molecular formula is C17H24O2. The standard InChI is InChI=1S/C17H24O2/c1-2-3-6-19-17(18)14-9-12-8-13(14)16-11-5-4-10(7-11)15(12)16/h4-5,10-16H,2-3,6-9H2,1H3. The molecule has 0 saturated heterocycles. The highest BCUT2D eigenvalue weighted by Gasteiger charge is 2.62. The molecule has 2 nitrogen and oxygen atoms in total. The topological polar surface area (TPSA) is 26.3 Å². The largest absolute Gasteiger partial charge is 0.465 e. The second-order valence-corrected chi connectivity index (χ2v) is 7.13. The molecule has 4 bridgehead atoms. The fourth-order valence-corrected chi connectivity index (χ4v) is 5.71. The molecule has 0 radical (unpaired) electrons. The monoisotopic (exact) mass is 260 g/mol. The van der Waals surface area contributed by atoms with Crippen LogP contribution in [-0.2, 0) is 9.53 Å². The van der Waals surface area contributed by atoms with Gasteiger partial charge in [-0.25, -0.2) is 0 Å². The SMILES string of the molecule is CCCCOC(=O)C1CC2CC1C1C3C=CC(C3)C21. The molecule has 4 aliphatic rings. The summed E-state index contributed by atoms with van der Waals surface area (Å²) in [5, 5.41) is 0. The van der Waals surface area contributed by atoms with Crippen LogP contribution in [0.15, 0.2) is 12.2 Å². The number of esters is 1. The molecule has 0 heterocycles. The van der Waals surface area contributed by atoms with E-state index < -0.39 is 0 Å². The van der Waals surface area contributed by atoms with Crippen LogP contribution in [0.2, 0.25) is 0 Å². The third-order valence-electron chi connectivity index (χ3n) is 6.32. The van der Waals surface area contributed by atoms with Gasteiger partial charge in [0.1, 0.15) is 0 Å². The Morgan fingerprint density at radius 3 is 2.74 bits per heavy atom. The van der Waals surface area contributed by atoms with Crippen molar-refractivity contribution in [3.05, 3.63) is 12.2 Å². The van der Waals surface area contributed by atoms with Crippen molar-refractivity contribution in [2.24, 2.45) is 41.4 Å². The van der Waals surface area contributed by atoms with Crippen molar-refractivity contribution in [1.82, 2.24) is 0 Å². The molecule has 0 aliphatic heterocycles. The van der Waals surface area contributed by atoms with E-state index in [-0.39, 0.29) is 11.9 Å². The summed E-state index contributed by atoms with van der Waals surface area (Å²) < 4.78 is 5.49. The highest BCUT2D eigenvalue weighted by atomic mass is 16.5. The Morgan fingerprint density at radius 2 is 1.95 bits per heavy atom. The van der Waals surface area contributed by atoms with Gasteiger partial charge in [-0.3, -0.25) is 4.79 Å². The lowest BCUT2D eigenvalue weighted by atomic mass is 9.69. The lowest BCUT2D eigenvalue weighted by Crippen LogP contribution is -2.35. The average molecular weight is 260 g/mol. The van der Waals surface area contributed by atoms with Gasteiger partial charge in [0.2, 0.25) is 0 Å². The molecule has 0 N–H and O–H groups in total. The zero-order valence-electron chi connectivity index (χ0n) is 11.8. The Balaban J connectivity index is 1.45. The van der Waals surface area contributed by atoms with Crippen LogP contribution in [0.25, 0.3) is 0 Å². The lowest BCUT2D eigenvalue weighted by molar-refractivity contribution is -0.151. The van der Waals surface area contributed by atoms with Crippen molar-refractivity contribution in [2.45, 2.75) is 39.0 Å². The van der Waals surface area contributed by atoms with Crippen LogP contribution >= 0.6 is 0 Å². The van der Waals surface area contributed by atoms with Crippen molar-refractivity contribution in [3.63, 3.8) is 0 Å². The molecule has 3 saturated carbocycles. The van der Waals surface area contributed by atoms with Gasteiger partial charge in [0, 0.05) is 0 Å². The summed E-state index contributed by atoms with van der Waals surface area (Å²) in [5.74, 6) is 5.18. The lowest BCUT2D eigenvalue weighted by Gasteiger charge is -2.35. The Bertz CT molecular complexity index is 413. The van der Waals surface area contributed by atoms with E-state index in [1.165, 1.54) is 12.8 Å². The normalized spacial score (nSPS) is 48.8. The maximum atomic E-state index is 12.3. The fraction of sp³-hybridized carbons (Fsp3) is 0.824. The van der Waals surface area contributed by atoms with E-state index in [1.54, 1.807) is 0 Å². The van der Waals surface area contributed by atoms with Crippen LogP contribution in [0.4, 0.5) is 0 Å². The highest BCUT2D eigenvalue weighted by molar-refractivity contribution is 5.73. The quantitative estimate of drug-likeness (QED) is 0.335. The van der Waals surface area contributed by atoms with Crippen LogP contribution in [0.3, 0.4) is 0 Å². The van der Waals surface area contributed by atoms with Gasteiger partial charge in [0.15, 0.2) is 0 Å². The van der Waals surface area contributed by atoms with Gasteiger partial charge in [-0.1, -0.05) is 25.5 Å². The molecule has 2 heteroatoms. The van der Waals surface area contributed by atoms with Crippen LogP contribution < -0.4 is 0 Å². The molecule has 0 aromatic carbocycles. The summed E-state index contributed by atoms with van der Waals surface area (Å²) in [4.78, 5) is 12.3. The number of fused-ring (bicyclic) bond motifs is 9. The van der Waals surface area contributed by atoms with Gasteiger partial charge >= 0.3 is 5.97 Å². The second-order valence-electron chi connectivity index (χ2n) is 7.13. The predicted octanol–water partition coefficient (Wildman–Crippen LogP) is 3.42. The van der Waals surface area contributed by atoms with E-state index in [0.717, 1.165) is 48.9 Å². The van der Waals surface area contributed by atoms with Gasteiger partial charge < -0.3 is 4.74 Å². The summed E-state index contributed by atoms with van der Waals surface area (Å²) in [7, 11) is 0. The number of rotatable bonds is 4. The zero-order chi connectivity index (χ0) is 13.0. The van der Waals surface area contributed by atoms with E-state index in [1.807, 2.05) is 0 Å². The minimum absolute atomic E-state index is 0.117. The van der Waals surface area contributed by atoms with Crippen molar-refractivity contribution in [1.29, 1.82) is 0 Å². The average Bonchev–Trinajstić information content (AvgIpc) is 3.16. The van der Waals surface area contributed by atoms with E-state index >= 15 is 0 Å². The summed E-state index contributed by atoms with van der Waals surface area (Å²) >= 11 is 0. The molecule has 7 atom stereocenters. The highest BCUT2D eigenvalue weighted by Crippen LogP contribution is 2.67. The van der Waals surface area contributed by atoms with E-state index in [2.05, 4.69) is 19.1 Å². The van der Waals surface area contributed by atoms with Gasteiger partial charge in [-0.15, -0.1) is 0 Å². The number of carbonyl (C=O) groups excluding carboxylic acids is 1. The first kappa shape index (κ1) is 12.0. The van der Waals surface area contributed by atoms with Gasteiger partial charge in [-0.2, -0.15) is 0 Å². The molecular weight excluding hydrogens is 236 g/mol. The van der Waals surface area contributed by atoms with Gasteiger partial charge in [0.25, 0.3) is 0 Å². The van der Waals surface area contributed by atoms with Gasteiger partial charge in [0.05, 0.1) is 12.5 Å². The molecule has 104 valence electrons. The summed E-state index contributed by atoms with van der Waals surface area (Å²) in [6.07, 6.45) is 10.8. The van der Waals surface area contributed by atoms with Crippen molar-refractivity contribution in [3.8, 4) is 0 Å². The van der Waals surface area contributed by atoms with Crippen molar-refractivity contribution < 1.29 is 9.53 Å². The third-order valence-corrected chi connectivity index (χ3v) is 6.32. The predicted molar refractivity (Wildman–Crippen MR) is 73.3 cm³/mol. The van der Waals surface area contributed by atoms with Crippen LogP contribution in [0.1, 0.15) is 39.0 Å². The molecule has 0 spiro atoms. The maximum Gasteiger partial charge on any atom is 0.309 e. The smallest absolute Gasteiger partial charge is 0.309 e.